The van der Waals surface area contributed by atoms with Gasteiger partial charge in [-0.2, -0.15) is 0 Å². The summed E-state index contributed by atoms with van der Waals surface area (Å²) in [6.45, 7) is 3.03. The smallest absolute Gasteiger partial charge is 0.260 e. The first-order chi connectivity index (χ1) is 10.3. The molecule has 1 fully saturated rings. The Labute approximate surface area is 128 Å². The third-order valence-corrected chi connectivity index (χ3v) is 4.80. The van der Waals surface area contributed by atoms with Crippen molar-refractivity contribution in [2.45, 2.75) is 38.6 Å². The maximum absolute atomic E-state index is 12.4. The zero-order valence-electron chi connectivity index (χ0n) is 12.1. The average molecular weight is 305 g/mol. The van der Waals surface area contributed by atoms with E-state index in [1.807, 2.05) is 16.3 Å². The van der Waals surface area contributed by atoms with E-state index < -0.39 is 0 Å². The second-order valence-corrected chi connectivity index (χ2v) is 6.15. The van der Waals surface area contributed by atoms with Crippen molar-refractivity contribution in [3.63, 3.8) is 0 Å². The number of carbonyl (C=O) groups excluding carboxylic acids is 1. The first kappa shape index (κ1) is 14.3. The number of likely N-dealkylation sites (tertiary alicyclic amines) is 1. The van der Waals surface area contributed by atoms with Crippen LogP contribution in [0.25, 0.3) is 10.2 Å². The number of piperidine rings is 1. The molecule has 0 N–H and O–H groups in total. The van der Waals surface area contributed by atoms with Gasteiger partial charge in [0, 0.05) is 12.6 Å². The van der Waals surface area contributed by atoms with Crippen molar-refractivity contribution < 1.29 is 9.53 Å². The van der Waals surface area contributed by atoms with E-state index in [1.165, 1.54) is 12.7 Å². The number of rotatable bonds is 4. The second kappa shape index (κ2) is 6.39. The van der Waals surface area contributed by atoms with Crippen LogP contribution in [0.2, 0.25) is 0 Å². The normalized spacial score (nSPS) is 18.9. The lowest BCUT2D eigenvalue weighted by molar-refractivity contribution is -0.137. The van der Waals surface area contributed by atoms with E-state index in [-0.39, 0.29) is 12.5 Å². The molecule has 5 nitrogen and oxygen atoms in total. The van der Waals surface area contributed by atoms with Gasteiger partial charge in [0.2, 0.25) is 5.88 Å². The highest BCUT2D eigenvalue weighted by Crippen LogP contribution is 2.26. The SMILES string of the molecule is CC[C@@H]1CCCCN1C(=O)COc1ncnc2sccc12. The predicted octanol–water partition coefficient (Wildman–Crippen LogP) is 2.86. The molecule has 2 aromatic heterocycles. The Bertz CT molecular complexity index is 628. The first-order valence-electron chi connectivity index (χ1n) is 7.40. The van der Waals surface area contributed by atoms with Gasteiger partial charge in [0.25, 0.3) is 5.91 Å². The van der Waals surface area contributed by atoms with Crippen molar-refractivity contribution in [3.8, 4) is 5.88 Å². The van der Waals surface area contributed by atoms with Crippen LogP contribution in [0.3, 0.4) is 0 Å². The zero-order chi connectivity index (χ0) is 14.7. The summed E-state index contributed by atoms with van der Waals surface area (Å²) >= 11 is 1.54. The Morgan fingerprint density at radius 2 is 2.38 bits per heavy atom. The summed E-state index contributed by atoms with van der Waals surface area (Å²) in [5, 5.41) is 2.83. The summed E-state index contributed by atoms with van der Waals surface area (Å²) in [4.78, 5) is 23.5. The van der Waals surface area contributed by atoms with Crippen LogP contribution in [0.1, 0.15) is 32.6 Å². The molecular weight excluding hydrogens is 286 g/mol. The maximum atomic E-state index is 12.4. The summed E-state index contributed by atoms with van der Waals surface area (Å²) in [7, 11) is 0. The molecule has 1 aliphatic heterocycles. The fourth-order valence-corrected chi connectivity index (χ4v) is 3.57. The number of thiophene rings is 1. The van der Waals surface area contributed by atoms with Crippen LogP contribution in [0.15, 0.2) is 17.8 Å². The molecule has 0 spiro atoms. The standard InChI is InChI=1S/C15H19N3O2S/c1-2-11-5-3-4-7-18(11)13(19)9-20-14-12-6-8-21-15(12)17-10-16-14/h6,8,10-11H,2-5,7,9H2,1H3/t11-/m1/s1. The molecule has 6 heteroatoms. The molecule has 0 saturated carbocycles. The number of fused-ring (bicyclic) bond motifs is 1. The van der Waals surface area contributed by atoms with Gasteiger partial charge < -0.3 is 9.64 Å². The molecule has 1 aliphatic rings. The number of ether oxygens (including phenoxy) is 1. The predicted molar refractivity (Wildman–Crippen MR) is 82.6 cm³/mol. The Balaban J connectivity index is 1.66. The maximum Gasteiger partial charge on any atom is 0.260 e. The topological polar surface area (TPSA) is 55.3 Å². The monoisotopic (exact) mass is 305 g/mol. The largest absolute Gasteiger partial charge is 0.467 e. The molecule has 0 bridgehead atoms. The lowest BCUT2D eigenvalue weighted by atomic mass is 10.00. The van der Waals surface area contributed by atoms with Crippen LogP contribution in [0.5, 0.6) is 5.88 Å². The van der Waals surface area contributed by atoms with Crippen molar-refractivity contribution in [2.24, 2.45) is 0 Å². The van der Waals surface area contributed by atoms with Crippen molar-refractivity contribution >= 4 is 27.5 Å². The molecule has 1 atom stereocenters. The number of hydrogen-bond acceptors (Lipinski definition) is 5. The van der Waals surface area contributed by atoms with Crippen LogP contribution < -0.4 is 4.74 Å². The second-order valence-electron chi connectivity index (χ2n) is 5.25. The average Bonchev–Trinajstić information content (AvgIpc) is 3.01. The van der Waals surface area contributed by atoms with Crippen LogP contribution in [0, 0.1) is 0 Å². The first-order valence-corrected chi connectivity index (χ1v) is 8.28. The highest BCUT2D eigenvalue weighted by Gasteiger charge is 2.25. The molecule has 0 aliphatic carbocycles. The quantitative estimate of drug-likeness (QED) is 0.871. The molecule has 21 heavy (non-hydrogen) atoms. The Kier molecular flexibility index (Phi) is 4.34. The van der Waals surface area contributed by atoms with Gasteiger partial charge in [0.1, 0.15) is 11.2 Å². The van der Waals surface area contributed by atoms with E-state index in [4.69, 9.17) is 4.74 Å². The Morgan fingerprint density at radius 3 is 3.24 bits per heavy atom. The molecule has 112 valence electrons. The summed E-state index contributed by atoms with van der Waals surface area (Å²) in [6.07, 6.45) is 5.89. The van der Waals surface area contributed by atoms with Crippen LogP contribution >= 0.6 is 11.3 Å². The van der Waals surface area contributed by atoms with Gasteiger partial charge in [-0.1, -0.05) is 6.92 Å². The van der Waals surface area contributed by atoms with Gasteiger partial charge in [0.05, 0.1) is 5.39 Å². The molecule has 0 radical (unpaired) electrons. The highest BCUT2D eigenvalue weighted by atomic mass is 32.1. The minimum Gasteiger partial charge on any atom is -0.467 e. The van der Waals surface area contributed by atoms with E-state index in [9.17, 15) is 4.79 Å². The summed E-state index contributed by atoms with van der Waals surface area (Å²) in [5.74, 6) is 0.559. The summed E-state index contributed by atoms with van der Waals surface area (Å²) < 4.78 is 5.65. The van der Waals surface area contributed by atoms with E-state index in [2.05, 4.69) is 16.9 Å². The van der Waals surface area contributed by atoms with E-state index in [0.717, 1.165) is 36.0 Å². The molecule has 1 amide bonds. The highest BCUT2D eigenvalue weighted by molar-refractivity contribution is 7.16. The molecule has 3 rings (SSSR count). The number of amides is 1. The van der Waals surface area contributed by atoms with Gasteiger partial charge >= 0.3 is 0 Å². The number of nitrogens with zero attached hydrogens (tertiary/aromatic N) is 3. The van der Waals surface area contributed by atoms with Gasteiger partial charge in [-0.3, -0.25) is 4.79 Å². The van der Waals surface area contributed by atoms with Gasteiger partial charge in [-0.05, 0) is 37.1 Å². The van der Waals surface area contributed by atoms with E-state index in [0.29, 0.717) is 11.9 Å². The Hall–Kier alpha value is -1.69. The summed E-state index contributed by atoms with van der Waals surface area (Å²) in [6, 6.07) is 2.29. The van der Waals surface area contributed by atoms with Gasteiger partial charge in [-0.25, -0.2) is 9.97 Å². The molecule has 0 unspecified atom stereocenters. The van der Waals surface area contributed by atoms with E-state index in [1.54, 1.807) is 11.3 Å². The van der Waals surface area contributed by atoms with Gasteiger partial charge in [0.15, 0.2) is 6.61 Å². The molecule has 1 saturated heterocycles. The van der Waals surface area contributed by atoms with Crippen molar-refractivity contribution in [3.05, 3.63) is 17.8 Å². The molecule has 2 aromatic rings. The van der Waals surface area contributed by atoms with Crippen molar-refractivity contribution in [2.75, 3.05) is 13.2 Å². The number of aromatic nitrogens is 2. The number of hydrogen-bond donors (Lipinski definition) is 0. The Morgan fingerprint density at radius 1 is 1.48 bits per heavy atom. The van der Waals surface area contributed by atoms with Crippen LogP contribution in [-0.4, -0.2) is 40.0 Å². The lowest BCUT2D eigenvalue weighted by Gasteiger charge is -2.35. The number of carbonyl (C=O) groups is 1. The minimum absolute atomic E-state index is 0.0540. The fraction of sp³-hybridized carbons (Fsp3) is 0.533. The lowest BCUT2D eigenvalue weighted by Crippen LogP contribution is -2.45. The van der Waals surface area contributed by atoms with E-state index >= 15 is 0 Å². The van der Waals surface area contributed by atoms with Crippen molar-refractivity contribution in [1.82, 2.24) is 14.9 Å². The van der Waals surface area contributed by atoms with Crippen LogP contribution in [0.4, 0.5) is 0 Å². The van der Waals surface area contributed by atoms with Gasteiger partial charge in [-0.15, -0.1) is 11.3 Å². The van der Waals surface area contributed by atoms with Crippen molar-refractivity contribution in [1.29, 1.82) is 0 Å². The summed E-state index contributed by atoms with van der Waals surface area (Å²) in [5.41, 5.74) is 0. The third kappa shape index (κ3) is 3.00. The molecular formula is C15H19N3O2S. The minimum atomic E-state index is 0.0540. The third-order valence-electron chi connectivity index (χ3n) is 3.98. The molecule has 3 heterocycles. The fourth-order valence-electron chi connectivity index (χ4n) is 2.85. The zero-order valence-corrected chi connectivity index (χ0v) is 12.9. The van der Waals surface area contributed by atoms with Crippen LogP contribution in [-0.2, 0) is 4.79 Å². The molecule has 0 aromatic carbocycles.